The molecule has 7 nitrogen and oxygen atoms in total. The van der Waals surface area contributed by atoms with Crippen LogP contribution in [0.3, 0.4) is 0 Å². The first-order valence-electron chi connectivity index (χ1n) is 10.7. The number of aromatic nitrogens is 5. The largest absolute Gasteiger partial charge is 0.382 e. The highest BCUT2D eigenvalue weighted by atomic mass is 35.5. The Kier molecular flexibility index (Phi) is 5.78. The number of fused-ring (bicyclic) bond motifs is 4. The van der Waals surface area contributed by atoms with Gasteiger partial charge in [0.15, 0.2) is 11.3 Å². The number of hydrogen-bond donors (Lipinski definition) is 0. The molecule has 0 aliphatic rings. The van der Waals surface area contributed by atoms with Crippen molar-refractivity contribution in [3.63, 3.8) is 0 Å². The van der Waals surface area contributed by atoms with E-state index >= 15 is 0 Å². The fraction of sp³-hybridized carbons (Fsp3) is 0.250. The lowest BCUT2D eigenvalue weighted by Crippen LogP contribution is -2.24. The minimum absolute atomic E-state index is 0.151. The van der Waals surface area contributed by atoms with E-state index in [0.29, 0.717) is 75.5 Å². The molecule has 0 N–H and O–H groups in total. The van der Waals surface area contributed by atoms with E-state index < -0.39 is 0 Å². The average Bonchev–Trinajstić information content (AvgIpc) is 3.11. The van der Waals surface area contributed by atoms with Gasteiger partial charge in [0, 0.05) is 19.8 Å². The number of hydrogen-bond acceptors (Lipinski definition) is 5. The summed E-state index contributed by atoms with van der Waals surface area (Å²) in [4.78, 5) is 28.2. The van der Waals surface area contributed by atoms with Crippen molar-refractivity contribution in [1.29, 1.82) is 0 Å². The number of aryl methyl sites for hydroxylation is 1. The van der Waals surface area contributed by atoms with Gasteiger partial charge in [-0.15, -0.1) is 0 Å². The number of para-hydroxylation sites is 2. The maximum Gasteiger partial charge on any atom is 0.265 e. The highest BCUT2D eigenvalue weighted by Crippen LogP contribution is 2.31. The second-order valence-corrected chi connectivity index (χ2v) is 8.50. The van der Waals surface area contributed by atoms with Crippen LogP contribution in [0.25, 0.3) is 38.9 Å². The summed E-state index contributed by atoms with van der Waals surface area (Å²) in [6.07, 6.45) is 0.710. The normalized spacial score (nSPS) is 11.8. The first kappa shape index (κ1) is 21.8. The second-order valence-electron chi connectivity index (χ2n) is 7.68. The number of benzene rings is 2. The Morgan fingerprint density at radius 1 is 0.970 bits per heavy atom. The second kappa shape index (κ2) is 8.74. The van der Waals surface area contributed by atoms with Crippen molar-refractivity contribution in [1.82, 2.24) is 24.1 Å². The van der Waals surface area contributed by atoms with E-state index in [1.807, 2.05) is 48.7 Å². The molecule has 3 aromatic heterocycles. The van der Waals surface area contributed by atoms with Gasteiger partial charge in [0.2, 0.25) is 0 Å². The molecule has 0 fully saturated rings. The predicted molar refractivity (Wildman–Crippen MR) is 132 cm³/mol. The van der Waals surface area contributed by atoms with Crippen LogP contribution >= 0.6 is 23.2 Å². The van der Waals surface area contributed by atoms with E-state index in [4.69, 9.17) is 42.9 Å². The Morgan fingerprint density at radius 3 is 2.45 bits per heavy atom. The van der Waals surface area contributed by atoms with Crippen molar-refractivity contribution < 1.29 is 4.74 Å². The number of nitrogens with zero attached hydrogens (tertiary/aromatic N) is 5. The highest BCUT2D eigenvalue weighted by Gasteiger charge is 2.22. The molecule has 168 valence electrons. The zero-order valence-electron chi connectivity index (χ0n) is 18.2. The molecule has 0 unspecified atom stereocenters. The van der Waals surface area contributed by atoms with Crippen LogP contribution in [0.5, 0.6) is 0 Å². The molecule has 0 spiro atoms. The molecule has 3 heterocycles. The molecule has 0 aliphatic carbocycles. The van der Waals surface area contributed by atoms with Gasteiger partial charge in [-0.05, 0) is 50.6 Å². The van der Waals surface area contributed by atoms with Crippen molar-refractivity contribution in [2.45, 2.75) is 26.8 Å². The average molecular weight is 482 g/mol. The molecule has 0 amide bonds. The molecule has 0 atom stereocenters. The van der Waals surface area contributed by atoms with Crippen molar-refractivity contribution in [3.05, 3.63) is 68.7 Å². The summed E-state index contributed by atoms with van der Waals surface area (Å²) in [6, 6.07) is 12.9. The molecule has 33 heavy (non-hydrogen) atoms. The molecule has 0 bridgehead atoms. The Morgan fingerprint density at radius 2 is 1.73 bits per heavy atom. The summed E-state index contributed by atoms with van der Waals surface area (Å²) in [5, 5.41) is 1.27. The maximum atomic E-state index is 13.7. The first-order chi connectivity index (χ1) is 16.0. The summed E-state index contributed by atoms with van der Waals surface area (Å²) in [7, 11) is 0. The Hall–Kier alpha value is -3.00. The predicted octanol–water partition coefficient (Wildman–Crippen LogP) is 5.33. The van der Waals surface area contributed by atoms with E-state index in [1.54, 1.807) is 16.7 Å². The lowest BCUT2D eigenvalue weighted by atomic mass is 10.3. The molecule has 0 saturated heterocycles. The molecule has 5 rings (SSSR count). The summed E-state index contributed by atoms with van der Waals surface area (Å²) in [5.74, 6) is 0.609. The van der Waals surface area contributed by atoms with Crippen molar-refractivity contribution in [3.8, 4) is 5.69 Å². The number of rotatable bonds is 6. The van der Waals surface area contributed by atoms with Crippen LogP contribution in [-0.4, -0.2) is 37.3 Å². The standard InChI is InChI=1S/C24H21Cl2N5O2/c1-3-33-12-6-11-30-14(2)27-22-20(24(30)32)21-23(29-19-8-5-4-7-18(19)28-21)31(22)15-9-10-16(25)17(26)13-15/h4-5,7-10,13H,3,6,11-12H2,1-2H3. The Bertz CT molecular complexity index is 1580. The molecule has 0 aliphatic heterocycles. The highest BCUT2D eigenvalue weighted by molar-refractivity contribution is 6.42. The van der Waals surface area contributed by atoms with Crippen molar-refractivity contribution in [2.75, 3.05) is 13.2 Å². The monoisotopic (exact) mass is 481 g/mol. The van der Waals surface area contributed by atoms with E-state index in [2.05, 4.69) is 0 Å². The quantitative estimate of drug-likeness (QED) is 0.306. The van der Waals surface area contributed by atoms with Crippen LogP contribution in [-0.2, 0) is 11.3 Å². The van der Waals surface area contributed by atoms with E-state index in [-0.39, 0.29) is 5.56 Å². The Labute approximate surface area is 199 Å². The van der Waals surface area contributed by atoms with Crippen LogP contribution in [0, 0.1) is 6.92 Å². The van der Waals surface area contributed by atoms with Gasteiger partial charge in [0.25, 0.3) is 5.56 Å². The molecule has 0 saturated carbocycles. The van der Waals surface area contributed by atoms with Crippen LogP contribution in [0.2, 0.25) is 10.0 Å². The molecule has 5 aromatic rings. The van der Waals surface area contributed by atoms with Crippen LogP contribution in [0.1, 0.15) is 19.2 Å². The third kappa shape index (κ3) is 3.76. The van der Waals surface area contributed by atoms with Gasteiger partial charge >= 0.3 is 0 Å². The molecular formula is C24H21Cl2N5O2. The van der Waals surface area contributed by atoms with Gasteiger partial charge in [-0.3, -0.25) is 13.9 Å². The Balaban J connectivity index is 1.84. The van der Waals surface area contributed by atoms with Crippen LogP contribution in [0.4, 0.5) is 0 Å². The molecule has 9 heteroatoms. The SMILES string of the molecule is CCOCCCn1c(C)nc2c(c1=O)c1nc3ccccc3nc1n2-c1ccc(Cl)c(Cl)c1. The van der Waals surface area contributed by atoms with Crippen LogP contribution in [0.15, 0.2) is 47.3 Å². The van der Waals surface area contributed by atoms with Gasteiger partial charge in [0.1, 0.15) is 16.7 Å². The minimum Gasteiger partial charge on any atom is -0.382 e. The zero-order chi connectivity index (χ0) is 23.1. The first-order valence-corrected chi connectivity index (χ1v) is 11.5. The maximum absolute atomic E-state index is 13.7. The van der Waals surface area contributed by atoms with Gasteiger partial charge in [-0.1, -0.05) is 35.3 Å². The van der Waals surface area contributed by atoms with E-state index in [1.165, 1.54) is 0 Å². The van der Waals surface area contributed by atoms with Gasteiger partial charge in [-0.25, -0.2) is 15.0 Å². The summed E-state index contributed by atoms with van der Waals surface area (Å²) in [5.41, 5.74) is 3.52. The fourth-order valence-corrected chi connectivity index (χ4v) is 4.32. The molecular weight excluding hydrogens is 461 g/mol. The topological polar surface area (TPSA) is 74.8 Å². The fourth-order valence-electron chi connectivity index (χ4n) is 4.03. The van der Waals surface area contributed by atoms with Gasteiger partial charge < -0.3 is 4.74 Å². The minimum atomic E-state index is -0.151. The smallest absolute Gasteiger partial charge is 0.265 e. The molecule has 0 radical (unpaired) electrons. The zero-order valence-corrected chi connectivity index (χ0v) is 19.7. The third-order valence-corrected chi connectivity index (χ3v) is 6.33. The van der Waals surface area contributed by atoms with E-state index in [0.717, 1.165) is 5.52 Å². The summed E-state index contributed by atoms with van der Waals surface area (Å²) in [6.45, 7) is 5.51. The van der Waals surface area contributed by atoms with Gasteiger partial charge in [-0.2, -0.15) is 0 Å². The summed E-state index contributed by atoms with van der Waals surface area (Å²) < 4.78 is 8.94. The third-order valence-electron chi connectivity index (χ3n) is 5.59. The lowest BCUT2D eigenvalue weighted by Gasteiger charge is -2.11. The van der Waals surface area contributed by atoms with Crippen molar-refractivity contribution >= 4 is 56.4 Å². The van der Waals surface area contributed by atoms with Crippen LogP contribution < -0.4 is 5.56 Å². The lowest BCUT2D eigenvalue weighted by molar-refractivity contribution is 0.141. The number of ether oxygens (including phenoxy) is 1. The number of halogens is 2. The van der Waals surface area contributed by atoms with E-state index in [9.17, 15) is 4.79 Å². The van der Waals surface area contributed by atoms with Crippen molar-refractivity contribution in [2.24, 2.45) is 0 Å². The molecule has 2 aromatic carbocycles. The summed E-state index contributed by atoms with van der Waals surface area (Å²) >= 11 is 12.5. The van der Waals surface area contributed by atoms with Gasteiger partial charge in [0.05, 0.1) is 26.8 Å².